The molecule has 0 aliphatic heterocycles. The summed E-state index contributed by atoms with van der Waals surface area (Å²) in [5.74, 6) is -1.38. The number of aryl methyl sites for hydroxylation is 2. The molecule has 3 nitrogen and oxygen atoms in total. The molecule has 0 bridgehead atoms. The lowest BCUT2D eigenvalue weighted by molar-refractivity contribution is -0.145. The number of halogens is 1. The van der Waals surface area contributed by atoms with E-state index in [2.05, 4.69) is 0 Å². The second-order valence-electron chi connectivity index (χ2n) is 4.63. The third-order valence-corrected chi connectivity index (χ3v) is 2.99. The Balaban J connectivity index is 2.36. The summed E-state index contributed by atoms with van der Waals surface area (Å²) in [5, 5.41) is 9.27. The molecule has 2 rings (SSSR count). The summed E-state index contributed by atoms with van der Waals surface area (Å²) in [7, 11) is 0. The number of ether oxygens (including phenoxy) is 1. The number of benzene rings is 2. The molecule has 4 heteroatoms. The molecule has 2 aromatic rings. The van der Waals surface area contributed by atoms with Crippen LogP contribution in [-0.4, -0.2) is 11.1 Å². The molecule has 0 fully saturated rings. The summed E-state index contributed by atoms with van der Waals surface area (Å²) < 4.78 is 19.2. The van der Waals surface area contributed by atoms with Gasteiger partial charge in [-0.15, -0.1) is 0 Å². The van der Waals surface area contributed by atoms with Crippen molar-refractivity contribution < 1.29 is 19.0 Å². The average Bonchev–Trinajstić information content (AvgIpc) is 2.39. The molecule has 0 radical (unpaired) electrons. The Morgan fingerprint density at radius 3 is 2.50 bits per heavy atom. The summed E-state index contributed by atoms with van der Waals surface area (Å²) in [6.45, 7) is 3.75. The summed E-state index contributed by atoms with van der Waals surface area (Å²) in [4.78, 5) is 11.3. The topological polar surface area (TPSA) is 46.5 Å². The summed E-state index contributed by atoms with van der Waals surface area (Å²) in [5.41, 5.74) is 1.88. The van der Waals surface area contributed by atoms with E-state index in [0.717, 1.165) is 11.1 Å². The highest BCUT2D eigenvalue weighted by molar-refractivity contribution is 5.75. The van der Waals surface area contributed by atoms with Gasteiger partial charge in [0.2, 0.25) is 6.10 Å². The van der Waals surface area contributed by atoms with Gasteiger partial charge in [0.15, 0.2) is 0 Å². The zero-order chi connectivity index (χ0) is 14.7. The molecule has 0 heterocycles. The second kappa shape index (κ2) is 5.74. The highest BCUT2D eigenvalue weighted by atomic mass is 19.1. The van der Waals surface area contributed by atoms with Crippen LogP contribution >= 0.6 is 0 Å². The van der Waals surface area contributed by atoms with Crippen molar-refractivity contribution in [2.45, 2.75) is 20.0 Å². The van der Waals surface area contributed by atoms with Crippen LogP contribution in [0.5, 0.6) is 5.75 Å². The fourth-order valence-corrected chi connectivity index (χ4v) is 1.99. The predicted octanol–water partition coefficient (Wildman–Crippen LogP) is 3.65. The zero-order valence-corrected chi connectivity index (χ0v) is 11.3. The highest BCUT2D eigenvalue weighted by Gasteiger charge is 2.25. The first-order valence-electron chi connectivity index (χ1n) is 6.20. The third kappa shape index (κ3) is 2.96. The average molecular weight is 274 g/mol. The summed E-state index contributed by atoms with van der Waals surface area (Å²) in [6.07, 6.45) is -1.36. The fourth-order valence-electron chi connectivity index (χ4n) is 1.99. The van der Waals surface area contributed by atoms with Gasteiger partial charge in [-0.25, -0.2) is 9.18 Å². The van der Waals surface area contributed by atoms with Crippen molar-refractivity contribution in [3.05, 3.63) is 65.0 Å². The molecule has 0 aliphatic rings. The van der Waals surface area contributed by atoms with Gasteiger partial charge in [0, 0.05) is 5.56 Å². The van der Waals surface area contributed by atoms with E-state index >= 15 is 0 Å². The molecular formula is C16H15FO3. The van der Waals surface area contributed by atoms with E-state index in [9.17, 15) is 14.3 Å². The monoisotopic (exact) mass is 274 g/mol. The van der Waals surface area contributed by atoms with Crippen molar-refractivity contribution in [2.75, 3.05) is 0 Å². The van der Waals surface area contributed by atoms with E-state index in [-0.39, 0.29) is 5.56 Å². The number of hydrogen-bond acceptors (Lipinski definition) is 2. The molecule has 0 saturated carbocycles. The third-order valence-electron chi connectivity index (χ3n) is 2.99. The predicted molar refractivity (Wildman–Crippen MR) is 73.3 cm³/mol. The lowest BCUT2D eigenvalue weighted by Crippen LogP contribution is -2.19. The number of rotatable bonds is 4. The van der Waals surface area contributed by atoms with E-state index in [1.54, 1.807) is 12.1 Å². The Morgan fingerprint density at radius 1 is 1.20 bits per heavy atom. The van der Waals surface area contributed by atoms with E-state index in [4.69, 9.17) is 4.74 Å². The first kappa shape index (κ1) is 14.1. The standard InChI is InChI=1S/C16H15FO3/c1-10-7-8-14(11(2)9-10)20-15(16(18)19)12-5-3-4-6-13(12)17/h3-9,15H,1-2H3,(H,18,19). The van der Waals surface area contributed by atoms with Crippen LogP contribution in [-0.2, 0) is 4.79 Å². The maximum absolute atomic E-state index is 13.7. The van der Waals surface area contributed by atoms with Gasteiger partial charge in [-0.05, 0) is 31.5 Å². The van der Waals surface area contributed by atoms with Crippen molar-refractivity contribution in [3.8, 4) is 5.75 Å². The molecule has 2 aromatic carbocycles. The molecule has 0 aromatic heterocycles. The minimum absolute atomic E-state index is 0.0139. The summed E-state index contributed by atoms with van der Waals surface area (Å²) in [6, 6.07) is 11.1. The molecule has 0 amide bonds. The largest absolute Gasteiger partial charge is 0.478 e. The first-order valence-corrected chi connectivity index (χ1v) is 6.20. The molecule has 1 atom stereocenters. The first-order chi connectivity index (χ1) is 9.49. The number of carbonyl (C=O) groups is 1. The van der Waals surface area contributed by atoms with Gasteiger partial charge in [-0.3, -0.25) is 0 Å². The molecule has 0 spiro atoms. The smallest absolute Gasteiger partial charge is 0.349 e. The SMILES string of the molecule is Cc1ccc(OC(C(=O)O)c2ccccc2F)c(C)c1. The van der Waals surface area contributed by atoms with Crippen LogP contribution in [0.1, 0.15) is 22.8 Å². The van der Waals surface area contributed by atoms with Crippen LogP contribution in [0.25, 0.3) is 0 Å². The van der Waals surface area contributed by atoms with Crippen molar-refractivity contribution in [2.24, 2.45) is 0 Å². The van der Waals surface area contributed by atoms with Crippen LogP contribution in [0.3, 0.4) is 0 Å². The van der Waals surface area contributed by atoms with E-state index in [1.807, 2.05) is 26.0 Å². The van der Waals surface area contributed by atoms with Crippen molar-refractivity contribution >= 4 is 5.97 Å². The molecule has 0 aliphatic carbocycles. The normalized spacial score (nSPS) is 11.9. The Morgan fingerprint density at radius 2 is 1.90 bits per heavy atom. The Kier molecular flexibility index (Phi) is 4.03. The van der Waals surface area contributed by atoms with Gasteiger partial charge in [-0.1, -0.05) is 35.9 Å². The summed E-state index contributed by atoms with van der Waals surface area (Å²) >= 11 is 0. The molecule has 1 unspecified atom stereocenters. The van der Waals surface area contributed by atoms with Crippen molar-refractivity contribution in [1.29, 1.82) is 0 Å². The highest BCUT2D eigenvalue weighted by Crippen LogP contribution is 2.27. The Labute approximate surface area is 116 Å². The molecule has 104 valence electrons. The lowest BCUT2D eigenvalue weighted by Gasteiger charge is -2.17. The maximum atomic E-state index is 13.7. The minimum atomic E-state index is -1.36. The molecule has 1 N–H and O–H groups in total. The number of aliphatic carboxylic acids is 1. The van der Waals surface area contributed by atoms with E-state index in [1.165, 1.54) is 18.2 Å². The van der Waals surface area contributed by atoms with Crippen LogP contribution in [0, 0.1) is 19.7 Å². The quantitative estimate of drug-likeness (QED) is 0.925. The Bertz CT molecular complexity index is 637. The van der Waals surface area contributed by atoms with Crippen molar-refractivity contribution in [1.82, 2.24) is 0 Å². The second-order valence-corrected chi connectivity index (χ2v) is 4.63. The fraction of sp³-hybridized carbons (Fsp3) is 0.188. The van der Waals surface area contributed by atoms with Gasteiger partial charge >= 0.3 is 5.97 Å². The zero-order valence-electron chi connectivity index (χ0n) is 11.3. The molecule has 0 saturated heterocycles. The lowest BCUT2D eigenvalue weighted by atomic mass is 10.1. The van der Waals surface area contributed by atoms with Gasteiger partial charge in [0.1, 0.15) is 11.6 Å². The van der Waals surface area contributed by atoms with Crippen LogP contribution in [0.4, 0.5) is 4.39 Å². The number of hydrogen-bond donors (Lipinski definition) is 1. The maximum Gasteiger partial charge on any atom is 0.349 e. The van der Waals surface area contributed by atoms with E-state index in [0.29, 0.717) is 5.75 Å². The van der Waals surface area contributed by atoms with Gasteiger partial charge in [0.25, 0.3) is 0 Å². The van der Waals surface area contributed by atoms with Crippen LogP contribution in [0.15, 0.2) is 42.5 Å². The molecule has 20 heavy (non-hydrogen) atoms. The van der Waals surface area contributed by atoms with Gasteiger partial charge < -0.3 is 9.84 Å². The minimum Gasteiger partial charge on any atom is -0.478 e. The number of carboxylic acid groups (broad SMARTS) is 1. The number of carboxylic acids is 1. The molecular weight excluding hydrogens is 259 g/mol. The van der Waals surface area contributed by atoms with Crippen LogP contribution in [0.2, 0.25) is 0 Å². The van der Waals surface area contributed by atoms with E-state index < -0.39 is 17.9 Å². The Hall–Kier alpha value is -2.36. The van der Waals surface area contributed by atoms with Gasteiger partial charge in [-0.2, -0.15) is 0 Å². The van der Waals surface area contributed by atoms with Crippen molar-refractivity contribution in [3.63, 3.8) is 0 Å². The van der Waals surface area contributed by atoms with Gasteiger partial charge in [0.05, 0.1) is 0 Å². The van der Waals surface area contributed by atoms with Crippen LogP contribution < -0.4 is 4.74 Å².